The van der Waals surface area contributed by atoms with E-state index in [2.05, 4.69) is 15.9 Å². The minimum atomic E-state index is -0.461. The summed E-state index contributed by atoms with van der Waals surface area (Å²) in [4.78, 5) is 14.0. The molecule has 1 amide bonds. The van der Waals surface area contributed by atoms with Crippen LogP contribution < -0.4 is 0 Å². The Hall–Kier alpha value is -0.170. The fourth-order valence-corrected chi connectivity index (χ4v) is 1.99. The lowest BCUT2D eigenvalue weighted by molar-refractivity contribution is -0.160. The number of carbonyl (C=O) groups is 1. The van der Waals surface area contributed by atoms with Gasteiger partial charge in [-0.25, -0.2) is 0 Å². The molecule has 0 N–H and O–H groups in total. The summed E-state index contributed by atoms with van der Waals surface area (Å²) in [5.41, 5.74) is 0. The predicted octanol–water partition coefficient (Wildman–Crippen LogP) is 1.05. The molecule has 1 unspecified atom stereocenters. The normalized spacial score (nSPS) is 20.1. The molecule has 18 heavy (non-hydrogen) atoms. The van der Waals surface area contributed by atoms with E-state index in [9.17, 15) is 4.79 Å². The first kappa shape index (κ1) is 15.9. The number of halogens is 1. The lowest BCUT2D eigenvalue weighted by Gasteiger charge is -2.32. The summed E-state index contributed by atoms with van der Waals surface area (Å²) in [6, 6.07) is 0.135. The van der Waals surface area contributed by atoms with Gasteiger partial charge in [-0.2, -0.15) is 0 Å². The van der Waals surface area contributed by atoms with Gasteiger partial charge in [-0.15, -0.1) is 0 Å². The van der Waals surface area contributed by atoms with E-state index in [1.165, 1.54) is 0 Å². The van der Waals surface area contributed by atoms with Crippen molar-refractivity contribution in [2.75, 3.05) is 44.9 Å². The highest BCUT2D eigenvalue weighted by atomic mass is 79.9. The number of rotatable bonds is 7. The number of hydrogen-bond donors (Lipinski definition) is 0. The summed E-state index contributed by atoms with van der Waals surface area (Å²) in [6.45, 7) is 7.18. The zero-order chi connectivity index (χ0) is 13.4. The minimum absolute atomic E-state index is 0.00728. The molecule has 0 aliphatic carbocycles. The predicted molar refractivity (Wildman–Crippen MR) is 72.0 cm³/mol. The molecule has 0 radical (unpaired) electrons. The van der Waals surface area contributed by atoms with Crippen LogP contribution in [0, 0.1) is 0 Å². The quantitative estimate of drug-likeness (QED) is 0.519. The van der Waals surface area contributed by atoms with Crippen LogP contribution >= 0.6 is 15.9 Å². The van der Waals surface area contributed by atoms with E-state index in [-0.39, 0.29) is 11.9 Å². The first-order valence-electron chi connectivity index (χ1n) is 6.30. The first-order chi connectivity index (χ1) is 8.66. The molecule has 5 nitrogen and oxygen atoms in total. The number of nitrogens with zero attached hydrogens (tertiary/aromatic N) is 1. The molecule has 0 aromatic heterocycles. The standard InChI is InChI=1S/C12H22BrNO4/c1-10(2)14(4-6-16-5-3-13)12(15)11-9-17-7-8-18-11/h10-11H,3-9H2,1-2H3. The maximum atomic E-state index is 12.3. The Kier molecular flexibility index (Phi) is 7.81. The lowest BCUT2D eigenvalue weighted by Crippen LogP contribution is -2.49. The molecule has 1 heterocycles. The van der Waals surface area contributed by atoms with Crippen molar-refractivity contribution in [2.24, 2.45) is 0 Å². The molecule has 0 saturated carbocycles. The second-order valence-corrected chi connectivity index (χ2v) is 5.15. The summed E-state index contributed by atoms with van der Waals surface area (Å²) in [5, 5.41) is 0.808. The topological polar surface area (TPSA) is 48.0 Å². The van der Waals surface area contributed by atoms with Gasteiger partial charge in [0.2, 0.25) is 0 Å². The minimum Gasteiger partial charge on any atom is -0.379 e. The van der Waals surface area contributed by atoms with E-state index in [0.717, 1.165) is 5.33 Å². The Labute approximate surface area is 117 Å². The Morgan fingerprint density at radius 3 is 2.78 bits per heavy atom. The van der Waals surface area contributed by atoms with Gasteiger partial charge >= 0.3 is 0 Å². The number of ether oxygens (including phenoxy) is 3. The Balaban J connectivity index is 2.41. The summed E-state index contributed by atoms with van der Waals surface area (Å²) >= 11 is 3.29. The van der Waals surface area contributed by atoms with Crippen molar-refractivity contribution < 1.29 is 19.0 Å². The van der Waals surface area contributed by atoms with Crippen LogP contribution in [0.2, 0.25) is 0 Å². The fraction of sp³-hybridized carbons (Fsp3) is 0.917. The maximum absolute atomic E-state index is 12.3. The smallest absolute Gasteiger partial charge is 0.254 e. The number of hydrogen-bond acceptors (Lipinski definition) is 4. The van der Waals surface area contributed by atoms with Crippen molar-refractivity contribution in [1.29, 1.82) is 0 Å². The lowest BCUT2D eigenvalue weighted by atomic mass is 10.2. The van der Waals surface area contributed by atoms with Crippen LogP contribution in [0.1, 0.15) is 13.8 Å². The molecular weight excluding hydrogens is 302 g/mol. The average Bonchev–Trinajstić information content (AvgIpc) is 2.39. The highest BCUT2D eigenvalue weighted by molar-refractivity contribution is 9.09. The van der Waals surface area contributed by atoms with Crippen LogP contribution in [-0.2, 0) is 19.0 Å². The second-order valence-electron chi connectivity index (χ2n) is 4.36. The third-order valence-electron chi connectivity index (χ3n) is 2.70. The van der Waals surface area contributed by atoms with Gasteiger partial charge in [-0.1, -0.05) is 15.9 Å². The second kappa shape index (κ2) is 8.85. The fourth-order valence-electron chi connectivity index (χ4n) is 1.76. The molecule has 0 spiro atoms. The maximum Gasteiger partial charge on any atom is 0.254 e. The molecule has 1 aliphatic heterocycles. The molecule has 0 bridgehead atoms. The third kappa shape index (κ3) is 5.22. The van der Waals surface area contributed by atoms with Crippen LogP contribution in [0.5, 0.6) is 0 Å². The van der Waals surface area contributed by atoms with Gasteiger partial charge in [0.15, 0.2) is 6.10 Å². The zero-order valence-corrected chi connectivity index (χ0v) is 12.6. The van der Waals surface area contributed by atoms with E-state index in [0.29, 0.717) is 39.6 Å². The Bertz CT molecular complexity index is 244. The van der Waals surface area contributed by atoms with Crippen molar-refractivity contribution in [3.63, 3.8) is 0 Å². The van der Waals surface area contributed by atoms with E-state index < -0.39 is 6.10 Å². The molecule has 1 aliphatic rings. The molecule has 106 valence electrons. The summed E-state index contributed by atoms with van der Waals surface area (Å²) in [7, 11) is 0. The van der Waals surface area contributed by atoms with E-state index >= 15 is 0 Å². The Morgan fingerprint density at radius 1 is 1.44 bits per heavy atom. The molecule has 1 saturated heterocycles. The van der Waals surface area contributed by atoms with Crippen molar-refractivity contribution in [1.82, 2.24) is 4.90 Å². The van der Waals surface area contributed by atoms with Gasteiger partial charge in [0.1, 0.15) is 0 Å². The molecule has 1 rings (SSSR count). The molecule has 1 fully saturated rings. The van der Waals surface area contributed by atoms with Crippen LogP contribution in [0.25, 0.3) is 0 Å². The van der Waals surface area contributed by atoms with Gasteiger partial charge < -0.3 is 19.1 Å². The van der Waals surface area contributed by atoms with Crippen LogP contribution in [0.15, 0.2) is 0 Å². The van der Waals surface area contributed by atoms with Crippen LogP contribution in [0.4, 0.5) is 0 Å². The van der Waals surface area contributed by atoms with E-state index in [1.807, 2.05) is 13.8 Å². The van der Waals surface area contributed by atoms with Gasteiger partial charge in [-0.05, 0) is 13.8 Å². The number of carbonyl (C=O) groups excluding carboxylic acids is 1. The van der Waals surface area contributed by atoms with E-state index in [4.69, 9.17) is 14.2 Å². The molecule has 1 atom stereocenters. The van der Waals surface area contributed by atoms with Crippen molar-refractivity contribution in [2.45, 2.75) is 26.0 Å². The summed E-state index contributed by atoms with van der Waals surface area (Å²) in [5.74, 6) is -0.00728. The SMILES string of the molecule is CC(C)N(CCOCCBr)C(=O)C1COCCO1. The molecule has 6 heteroatoms. The number of amides is 1. The summed E-state index contributed by atoms with van der Waals surface area (Å²) in [6.07, 6.45) is -0.461. The zero-order valence-electron chi connectivity index (χ0n) is 11.1. The molecular formula is C12H22BrNO4. The number of alkyl halides is 1. The largest absolute Gasteiger partial charge is 0.379 e. The summed E-state index contributed by atoms with van der Waals surface area (Å²) < 4.78 is 16.1. The highest BCUT2D eigenvalue weighted by Gasteiger charge is 2.28. The van der Waals surface area contributed by atoms with Gasteiger partial charge in [0.25, 0.3) is 5.91 Å². The molecule has 0 aromatic carbocycles. The monoisotopic (exact) mass is 323 g/mol. The van der Waals surface area contributed by atoms with Crippen molar-refractivity contribution in [3.8, 4) is 0 Å². The van der Waals surface area contributed by atoms with Crippen LogP contribution in [-0.4, -0.2) is 67.9 Å². The molecule has 0 aromatic rings. The highest BCUT2D eigenvalue weighted by Crippen LogP contribution is 2.08. The van der Waals surface area contributed by atoms with Crippen LogP contribution in [0.3, 0.4) is 0 Å². The van der Waals surface area contributed by atoms with Gasteiger partial charge in [-0.3, -0.25) is 4.79 Å². The van der Waals surface area contributed by atoms with Crippen molar-refractivity contribution in [3.05, 3.63) is 0 Å². The van der Waals surface area contributed by atoms with Gasteiger partial charge in [0.05, 0.1) is 33.0 Å². The van der Waals surface area contributed by atoms with Gasteiger partial charge in [0, 0.05) is 17.9 Å². The van der Waals surface area contributed by atoms with Crippen molar-refractivity contribution >= 4 is 21.8 Å². The average molecular weight is 324 g/mol. The van der Waals surface area contributed by atoms with E-state index in [1.54, 1.807) is 4.90 Å². The third-order valence-corrected chi connectivity index (χ3v) is 3.02. The first-order valence-corrected chi connectivity index (χ1v) is 7.42. The Morgan fingerprint density at radius 2 is 2.22 bits per heavy atom.